The van der Waals surface area contributed by atoms with E-state index in [4.69, 9.17) is 15.0 Å². The Bertz CT molecular complexity index is 511. The van der Waals surface area contributed by atoms with Gasteiger partial charge in [-0.2, -0.15) is 4.98 Å². The van der Waals surface area contributed by atoms with Crippen molar-refractivity contribution in [3.05, 3.63) is 30.2 Å². The average Bonchev–Trinajstić information content (AvgIpc) is 2.92. The Morgan fingerprint density at radius 2 is 2.05 bits per heavy atom. The molecule has 1 aromatic carbocycles. The van der Waals surface area contributed by atoms with E-state index in [0.717, 1.165) is 43.5 Å². The third kappa shape index (κ3) is 3.54. The minimum absolute atomic E-state index is 0.575. The first kappa shape index (κ1) is 13.5. The van der Waals surface area contributed by atoms with Crippen molar-refractivity contribution >= 4 is 0 Å². The van der Waals surface area contributed by atoms with Gasteiger partial charge in [0.2, 0.25) is 11.7 Å². The van der Waals surface area contributed by atoms with Crippen molar-refractivity contribution in [1.82, 2.24) is 10.1 Å². The number of methoxy groups -OCH3 is 1. The summed E-state index contributed by atoms with van der Waals surface area (Å²) in [5, 5.41) is 4.00. The summed E-state index contributed by atoms with van der Waals surface area (Å²) < 4.78 is 10.5. The third-order valence-corrected chi connectivity index (χ3v) is 2.91. The molecule has 1 aromatic heterocycles. The molecule has 0 saturated heterocycles. The molecule has 0 radical (unpaired) electrons. The first-order chi connectivity index (χ1) is 9.35. The summed E-state index contributed by atoms with van der Waals surface area (Å²) in [6, 6.07) is 7.64. The lowest BCUT2D eigenvalue weighted by molar-refractivity contribution is 0.373. The number of aryl methyl sites for hydroxylation is 1. The number of hydrogen-bond acceptors (Lipinski definition) is 5. The molecule has 2 N–H and O–H groups in total. The lowest BCUT2D eigenvalue weighted by Gasteiger charge is -2.02. The monoisotopic (exact) mass is 261 g/mol. The van der Waals surface area contributed by atoms with E-state index in [0.29, 0.717) is 11.7 Å². The fourth-order valence-electron chi connectivity index (χ4n) is 1.89. The maximum Gasteiger partial charge on any atom is 0.226 e. The van der Waals surface area contributed by atoms with Crippen LogP contribution in [0.25, 0.3) is 11.4 Å². The van der Waals surface area contributed by atoms with Gasteiger partial charge in [0.25, 0.3) is 0 Å². The molecule has 0 bridgehead atoms. The molecule has 0 aliphatic heterocycles. The first-order valence-electron chi connectivity index (χ1n) is 6.51. The minimum atomic E-state index is 0.575. The van der Waals surface area contributed by atoms with Gasteiger partial charge in [0, 0.05) is 6.42 Å². The van der Waals surface area contributed by atoms with Gasteiger partial charge in [-0.15, -0.1) is 0 Å². The van der Waals surface area contributed by atoms with Crippen molar-refractivity contribution in [2.75, 3.05) is 13.7 Å². The lowest BCUT2D eigenvalue weighted by atomic mass is 10.2. The second kappa shape index (κ2) is 6.89. The molecule has 0 aliphatic rings. The number of unbranched alkanes of at least 4 members (excludes halogenated alkanes) is 2. The highest BCUT2D eigenvalue weighted by atomic mass is 16.5. The van der Waals surface area contributed by atoms with Gasteiger partial charge in [-0.3, -0.25) is 0 Å². The van der Waals surface area contributed by atoms with Crippen LogP contribution in [0.2, 0.25) is 0 Å². The van der Waals surface area contributed by atoms with Gasteiger partial charge in [0.15, 0.2) is 0 Å². The van der Waals surface area contributed by atoms with E-state index in [2.05, 4.69) is 10.1 Å². The normalized spacial score (nSPS) is 10.6. The highest BCUT2D eigenvalue weighted by Gasteiger charge is 2.12. The van der Waals surface area contributed by atoms with Gasteiger partial charge in [-0.1, -0.05) is 23.7 Å². The van der Waals surface area contributed by atoms with Gasteiger partial charge in [0.05, 0.1) is 12.7 Å². The number of nitrogens with two attached hydrogens (primary N) is 1. The van der Waals surface area contributed by atoms with Gasteiger partial charge >= 0.3 is 0 Å². The zero-order valence-corrected chi connectivity index (χ0v) is 11.1. The maximum atomic E-state index is 5.45. The summed E-state index contributed by atoms with van der Waals surface area (Å²) in [5.74, 6) is 1.99. The number of hydrogen-bond donors (Lipinski definition) is 1. The predicted molar refractivity (Wildman–Crippen MR) is 72.9 cm³/mol. The van der Waals surface area contributed by atoms with Crippen LogP contribution in [0.5, 0.6) is 5.75 Å². The molecule has 0 fully saturated rings. The number of aromatic nitrogens is 2. The summed E-state index contributed by atoms with van der Waals surface area (Å²) in [7, 11) is 1.63. The number of benzene rings is 1. The van der Waals surface area contributed by atoms with Crippen LogP contribution < -0.4 is 10.5 Å². The first-order valence-corrected chi connectivity index (χ1v) is 6.51. The van der Waals surface area contributed by atoms with Crippen LogP contribution in [0, 0.1) is 0 Å². The van der Waals surface area contributed by atoms with Crippen molar-refractivity contribution in [3.63, 3.8) is 0 Å². The largest absolute Gasteiger partial charge is 0.496 e. The second-order valence-corrected chi connectivity index (χ2v) is 4.31. The van der Waals surface area contributed by atoms with Crippen LogP contribution in [0.1, 0.15) is 25.2 Å². The fourth-order valence-corrected chi connectivity index (χ4v) is 1.89. The molecule has 0 saturated carbocycles. The van der Waals surface area contributed by atoms with E-state index in [9.17, 15) is 0 Å². The highest BCUT2D eigenvalue weighted by molar-refractivity contribution is 5.63. The van der Waals surface area contributed by atoms with Gasteiger partial charge in [0.1, 0.15) is 5.75 Å². The van der Waals surface area contributed by atoms with Gasteiger partial charge in [-0.25, -0.2) is 0 Å². The summed E-state index contributed by atoms with van der Waals surface area (Å²) in [6.07, 6.45) is 3.93. The highest BCUT2D eigenvalue weighted by Crippen LogP contribution is 2.27. The molecule has 1 heterocycles. The fraction of sp³-hybridized carbons (Fsp3) is 0.429. The molecule has 5 heteroatoms. The number of rotatable bonds is 7. The van der Waals surface area contributed by atoms with E-state index >= 15 is 0 Å². The van der Waals surface area contributed by atoms with Crippen molar-refractivity contribution in [2.45, 2.75) is 25.7 Å². The minimum Gasteiger partial charge on any atom is -0.496 e. The van der Waals surface area contributed by atoms with Crippen LogP contribution in [0.3, 0.4) is 0 Å². The Labute approximate surface area is 112 Å². The van der Waals surface area contributed by atoms with Crippen LogP contribution in [0.15, 0.2) is 28.8 Å². The number of para-hydroxylation sites is 1. The van der Waals surface area contributed by atoms with Crippen molar-refractivity contribution < 1.29 is 9.26 Å². The van der Waals surface area contributed by atoms with Crippen molar-refractivity contribution in [3.8, 4) is 17.1 Å². The molecule has 19 heavy (non-hydrogen) atoms. The van der Waals surface area contributed by atoms with Gasteiger partial charge in [-0.05, 0) is 31.5 Å². The Kier molecular flexibility index (Phi) is 4.92. The molecule has 5 nitrogen and oxygen atoms in total. The molecular formula is C14H19N3O2. The molecule has 0 amide bonds. The SMILES string of the molecule is COc1ccccc1-c1noc(CCCCCN)n1. The molecule has 0 unspecified atom stereocenters. The molecule has 0 spiro atoms. The standard InChI is InChI=1S/C14H19N3O2/c1-18-12-8-5-4-7-11(12)14-16-13(19-17-14)9-3-2-6-10-15/h4-5,7-8H,2-3,6,9-10,15H2,1H3. The summed E-state index contributed by atoms with van der Waals surface area (Å²) in [6.45, 7) is 0.732. The maximum absolute atomic E-state index is 5.45. The summed E-state index contributed by atoms with van der Waals surface area (Å²) in [5.41, 5.74) is 6.30. The Morgan fingerprint density at radius 1 is 1.21 bits per heavy atom. The van der Waals surface area contributed by atoms with E-state index in [1.807, 2.05) is 24.3 Å². The average molecular weight is 261 g/mol. The Balaban J connectivity index is 2.04. The van der Waals surface area contributed by atoms with E-state index < -0.39 is 0 Å². The zero-order chi connectivity index (χ0) is 13.5. The van der Waals surface area contributed by atoms with Crippen LogP contribution >= 0.6 is 0 Å². The zero-order valence-electron chi connectivity index (χ0n) is 11.1. The van der Waals surface area contributed by atoms with E-state index in [1.54, 1.807) is 7.11 Å². The Morgan fingerprint density at radius 3 is 2.84 bits per heavy atom. The number of nitrogens with zero attached hydrogens (tertiary/aromatic N) is 2. The molecule has 0 aliphatic carbocycles. The van der Waals surface area contributed by atoms with Crippen LogP contribution in [-0.2, 0) is 6.42 Å². The molecule has 102 valence electrons. The van der Waals surface area contributed by atoms with E-state index in [-0.39, 0.29) is 0 Å². The van der Waals surface area contributed by atoms with Crippen molar-refractivity contribution in [1.29, 1.82) is 0 Å². The van der Waals surface area contributed by atoms with Crippen LogP contribution in [0.4, 0.5) is 0 Å². The molecular weight excluding hydrogens is 242 g/mol. The molecule has 2 rings (SSSR count). The lowest BCUT2D eigenvalue weighted by Crippen LogP contribution is -1.98. The number of ether oxygens (including phenoxy) is 1. The van der Waals surface area contributed by atoms with Crippen molar-refractivity contribution in [2.24, 2.45) is 5.73 Å². The molecule has 0 atom stereocenters. The van der Waals surface area contributed by atoms with Crippen LogP contribution in [-0.4, -0.2) is 23.8 Å². The summed E-state index contributed by atoms with van der Waals surface area (Å²) >= 11 is 0. The smallest absolute Gasteiger partial charge is 0.226 e. The quantitative estimate of drug-likeness (QED) is 0.775. The Hall–Kier alpha value is -1.88. The molecule has 2 aromatic rings. The van der Waals surface area contributed by atoms with E-state index in [1.165, 1.54) is 0 Å². The second-order valence-electron chi connectivity index (χ2n) is 4.31. The summed E-state index contributed by atoms with van der Waals surface area (Å²) in [4.78, 5) is 4.40. The topological polar surface area (TPSA) is 74.2 Å². The third-order valence-electron chi connectivity index (χ3n) is 2.91. The van der Waals surface area contributed by atoms with Gasteiger partial charge < -0.3 is 15.0 Å². The predicted octanol–water partition coefficient (Wildman–Crippen LogP) is 2.42.